The van der Waals surface area contributed by atoms with Crippen LogP contribution in [0, 0.1) is 6.92 Å². The summed E-state index contributed by atoms with van der Waals surface area (Å²) in [6.07, 6.45) is -0.0223. The third kappa shape index (κ3) is 2.92. The number of aromatic nitrogens is 1. The number of carbonyl (C=O) groups is 2. The molecule has 5 nitrogen and oxygen atoms in total. The third-order valence-electron chi connectivity index (χ3n) is 2.78. The molecule has 0 aromatic carbocycles. The molecule has 0 atom stereocenters. The van der Waals surface area contributed by atoms with Crippen LogP contribution in [0.25, 0.3) is 0 Å². The molecule has 0 radical (unpaired) electrons. The summed E-state index contributed by atoms with van der Waals surface area (Å²) in [5.41, 5.74) is 1.51. The fourth-order valence-electron chi connectivity index (χ4n) is 1.95. The van der Waals surface area contributed by atoms with Crippen molar-refractivity contribution in [2.75, 3.05) is 6.54 Å². The van der Waals surface area contributed by atoms with Crippen LogP contribution in [0.4, 0.5) is 4.79 Å². The number of hydrogen-bond donors (Lipinski definition) is 0. The minimum absolute atomic E-state index is 0.317. The van der Waals surface area contributed by atoms with Crippen molar-refractivity contribution >= 4 is 12.0 Å². The van der Waals surface area contributed by atoms with Crippen LogP contribution in [0.15, 0.2) is 12.1 Å². The van der Waals surface area contributed by atoms with Gasteiger partial charge in [0.2, 0.25) is 0 Å². The lowest BCUT2D eigenvalue weighted by molar-refractivity contribution is 0.0232. The van der Waals surface area contributed by atoms with Crippen LogP contribution in [0.3, 0.4) is 0 Å². The van der Waals surface area contributed by atoms with Crippen LogP contribution < -0.4 is 0 Å². The maximum absolute atomic E-state index is 12.2. The Hall–Kier alpha value is -1.91. The lowest BCUT2D eigenvalue weighted by atomic mass is 10.0. The summed E-state index contributed by atoms with van der Waals surface area (Å²) < 4.78 is 5.23. The van der Waals surface area contributed by atoms with Gasteiger partial charge in [-0.2, -0.15) is 0 Å². The van der Waals surface area contributed by atoms with E-state index in [1.807, 2.05) is 6.92 Å². The highest BCUT2D eigenvalue weighted by atomic mass is 16.6. The number of ether oxygens (including phenoxy) is 1. The normalized spacial score (nSPS) is 15.2. The molecule has 2 amide bonds. The molecule has 5 heteroatoms. The minimum Gasteiger partial charge on any atom is -0.443 e. The van der Waals surface area contributed by atoms with Gasteiger partial charge in [0.1, 0.15) is 5.60 Å². The highest BCUT2D eigenvalue weighted by Gasteiger charge is 2.32. The Morgan fingerprint density at radius 2 is 2.05 bits per heavy atom. The van der Waals surface area contributed by atoms with E-state index >= 15 is 0 Å². The molecule has 0 saturated carbocycles. The monoisotopic (exact) mass is 262 g/mol. The molecular formula is C14H18N2O3. The first-order valence-corrected chi connectivity index (χ1v) is 6.29. The van der Waals surface area contributed by atoms with Gasteiger partial charge in [0, 0.05) is 18.7 Å². The van der Waals surface area contributed by atoms with Crippen LogP contribution in [-0.4, -0.2) is 34.0 Å². The average molecular weight is 262 g/mol. The fraction of sp³-hybridized carbons (Fsp3) is 0.500. The number of carbonyl (C=O) groups excluding carboxylic acids is 2. The molecule has 1 aromatic heterocycles. The topological polar surface area (TPSA) is 59.5 Å². The summed E-state index contributed by atoms with van der Waals surface area (Å²) in [6.45, 7) is 7.52. The molecule has 0 spiro atoms. The molecule has 1 aliphatic rings. The van der Waals surface area contributed by atoms with Crippen molar-refractivity contribution in [3.8, 4) is 0 Å². The molecule has 102 valence electrons. The van der Waals surface area contributed by atoms with Gasteiger partial charge >= 0.3 is 6.09 Å². The maximum atomic E-state index is 12.2. The molecule has 0 aliphatic carbocycles. The van der Waals surface area contributed by atoms with Crippen molar-refractivity contribution in [3.63, 3.8) is 0 Å². The second-order valence-corrected chi connectivity index (χ2v) is 5.63. The number of imide groups is 1. The second kappa shape index (κ2) is 4.64. The van der Waals surface area contributed by atoms with Gasteiger partial charge in [-0.3, -0.25) is 9.78 Å². The van der Waals surface area contributed by atoms with Gasteiger partial charge in [-0.05, 0) is 39.8 Å². The minimum atomic E-state index is -0.608. The van der Waals surface area contributed by atoms with E-state index in [2.05, 4.69) is 4.98 Å². The number of fused-ring (bicyclic) bond motifs is 1. The van der Waals surface area contributed by atoms with Gasteiger partial charge < -0.3 is 4.74 Å². The zero-order chi connectivity index (χ0) is 14.2. The van der Waals surface area contributed by atoms with Crippen LogP contribution in [-0.2, 0) is 11.2 Å². The fourth-order valence-corrected chi connectivity index (χ4v) is 1.95. The summed E-state index contributed by atoms with van der Waals surface area (Å²) in [5.74, 6) is -0.331. The molecule has 0 unspecified atom stereocenters. The van der Waals surface area contributed by atoms with E-state index in [-0.39, 0.29) is 5.91 Å². The van der Waals surface area contributed by atoms with E-state index in [0.717, 1.165) is 16.3 Å². The largest absolute Gasteiger partial charge is 0.443 e. The Morgan fingerprint density at radius 1 is 1.37 bits per heavy atom. The Kier molecular flexibility index (Phi) is 3.30. The lowest BCUT2D eigenvalue weighted by Crippen LogP contribution is -2.45. The van der Waals surface area contributed by atoms with Crippen molar-refractivity contribution in [2.45, 2.75) is 39.7 Å². The molecule has 2 heterocycles. The Morgan fingerprint density at radius 3 is 2.68 bits per heavy atom. The lowest BCUT2D eigenvalue weighted by Gasteiger charge is -2.29. The van der Waals surface area contributed by atoms with Crippen molar-refractivity contribution in [2.24, 2.45) is 0 Å². The van der Waals surface area contributed by atoms with Crippen molar-refractivity contribution in [3.05, 3.63) is 29.1 Å². The first-order valence-electron chi connectivity index (χ1n) is 6.29. The van der Waals surface area contributed by atoms with Crippen molar-refractivity contribution in [1.82, 2.24) is 9.88 Å². The van der Waals surface area contributed by atoms with Gasteiger partial charge in [0.05, 0.1) is 11.3 Å². The Bertz CT molecular complexity index is 532. The number of pyridine rings is 1. The van der Waals surface area contributed by atoms with E-state index in [1.165, 1.54) is 0 Å². The predicted octanol–water partition coefficient (Wildman–Crippen LogP) is 2.32. The third-order valence-corrected chi connectivity index (χ3v) is 2.78. The number of nitrogens with zero attached hydrogens (tertiary/aromatic N) is 2. The van der Waals surface area contributed by atoms with Gasteiger partial charge in [-0.15, -0.1) is 0 Å². The summed E-state index contributed by atoms with van der Waals surface area (Å²) >= 11 is 0. The molecule has 0 saturated heterocycles. The number of rotatable bonds is 0. The number of amides is 2. The van der Waals surface area contributed by atoms with Crippen LogP contribution in [0.2, 0.25) is 0 Å². The van der Waals surface area contributed by atoms with Crippen LogP contribution in [0.5, 0.6) is 0 Å². The Labute approximate surface area is 112 Å². The second-order valence-electron chi connectivity index (χ2n) is 5.63. The molecule has 0 bridgehead atoms. The van der Waals surface area contributed by atoms with E-state index in [0.29, 0.717) is 18.5 Å². The van der Waals surface area contributed by atoms with Crippen LogP contribution >= 0.6 is 0 Å². The molecule has 1 aromatic rings. The molecular weight excluding hydrogens is 244 g/mol. The van der Waals surface area contributed by atoms with Crippen molar-refractivity contribution < 1.29 is 14.3 Å². The summed E-state index contributed by atoms with van der Waals surface area (Å²) in [6, 6.07) is 3.49. The quantitative estimate of drug-likeness (QED) is 0.720. The van der Waals surface area contributed by atoms with E-state index in [4.69, 9.17) is 4.74 Å². The first kappa shape index (κ1) is 13.5. The van der Waals surface area contributed by atoms with E-state index in [9.17, 15) is 9.59 Å². The van der Waals surface area contributed by atoms with Gasteiger partial charge in [0.15, 0.2) is 0 Å². The molecule has 1 aliphatic heterocycles. The summed E-state index contributed by atoms with van der Waals surface area (Å²) in [4.78, 5) is 29.7. The molecule has 0 fully saturated rings. The van der Waals surface area contributed by atoms with Gasteiger partial charge in [0.25, 0.3) is 5.91 Å². The zero-order valence-corrected chi connectivity index (χ0v) is 11.7. The predicted molar refractivity (Wildman–Crippen MR) is 69.9 cm³/mol. The van der Waals surface area contributed by atoms with E-state index < -0.39 is 11.7 Å². The SMILES string of the molecule is Cc1ccc2c(n1)CCN(C(=O)OC(C)(C)C)C2=O. The highest BCUT2D eigenvalue weighted by Crippen LogP contribution is 2.20. The van der Waals surface area contributed by atoms with Gasteiger partial charge in [-0.1, -0.05) is 0 Å². The van der Waals surface area contributed by atoms with E-state index in [1.54, 1.807) is 32.9 Å². The van der Waals surface area contributed by atoms with Crippen molar-refractivity contribution in [1.29, 1.82) is 0 Å². The molecule has 0 N–H and O–H groups in total. The molecule has 2 rings (SSSR count). The van der Waals surface area contributed by atoms with Crippen LogP contribution in [0.1, 0.15) is 42.5 Å². The molecule has 19 heavy (non-hydrogen) atoms. The summed E-state index contributed by atoms with van der Waals surface area (Å²) in [7, 11) is 0. The smallest absolute Gasteiger partial charge is 0.417 e. The standard InChI is InChI=1S/C14H18N2O3/c1-9-5-6-10-11(15-9)7-8-16(12(10)17)13(18)19-14(2,3)4/h5-6H,7-8H2,1-4H3. The summed E-state index contributed by atoms with van der Waals surface area (Å²) in [5, 5.41) is 0. The zero-order valence-electron chi connectivity index (χ0n) is 11.7. The van der Waals surface area contributed by atoms with Gasteiger partial charge in [-0.25, -0.2) is 9.69 Å². The maximum Gasteiger partial charge on any atom is 0.417 e. The number of aryl methyl sites for hydroxylation is 1. The average Bonchev–Trinajstić information content (AvgIpc) is 2.26. The highest BCUT2D eigenvalue weighted by molar-refractivity contribution is 6.04. The first-order chi connectivity index (χ1) is 8.78. The Balaban J connectivity index is 2.22. The number of hydrogen-bond acceptors (Lipinski definition) is 4.